The van der Waals surface area contributed by atoms with Gasteiger partial charge in [-0.05, 0) is 13.0 Å². The summed E-state index contributed by atoms with van der Waals surface area (Å²) in [6, 6.07) is 5.72. The van der Waals surface area contributed by atoms with Gasteiger partial charge in [-0.2, -0.15) is 0 Å². The fraction of sp³-hybridized carbons (Fsp3) is 0.154. The highest BCUT2D eigenvalue weighted by molar-refractivity contribution is 5.79. The summed E-state index contributed by atoms with van der Waals surface area (Å²) < 4.78 is 6.28. The van der Waals surface area contributed by atoms with E-state index in [-0.39, 0.29) is 23.2 Å². The molecule has 0 fully saturated rings. The number of hydrogen-bond acceptors (Lipinski definition) is 6. The number of nitro benzene ring substituents is 1. The summed E-state index contributed by atoms with van der Waals surface area (Å²) in [5.41, 5.74) is 0.500. The second kappa shape index (κ2) is 4.82. The van der Waals surface area contributed by atoms with Crippen LogP contribution in [0.4, 0.5) is 5.69 Å². The predicted octanol–water partition coefficient (Wildman–Crippen LogP) is 1.65. The number of nitrogens with zero attached hydrogens (tertiary/aromatic N) is 4. The molecule has 0 spiro atoms. The molecule has 3 rings (SSSR count). The fourth-order valence-electron chi connectivity index (χ4n) is 2.04. The number of aromatic nitrogens is 3. The molecule has 2 heterocycles. The molecule has 21 heavy (non-hydrogen) atoms. The molecule has 0 amide bonds. The van der Waals surface area contributed by atoms with Crippen molar-refractivity contribution in [2.24, 2.45) is 0 Å². The lowest BCUT2D eigenvalue weighted by atomic mass is 10.2. The van der Waals surface area contributed by atoms with Gasteiger partial charge in [0.2, 0.25) is 0 Å². The van der Waals surface area contributed by atoms with Crippen molar-refractivity contribution < 1.29 is 9.45 Å². The summed E-state index contributed by atoms with van der Waals surface area (Å²) in [6.45, 7) is 1.95. The minimum absolute atomic E-state index is 0.142. The molecule has 0 aliphatic carbocycles. The Bertz CT molecular complexity index is 897. The number of rotatable bonds is 3. The number of fused-ring (bicyclic) bond motifs is 1. The van der Waals surface area contributed by atoms with Gasteiger partial charge in [0.1, 0.15) is 11.5 Å². The zero-order valence-corrected chi connectivity index (χ0v) is 11.0. The molecule has 0 saturated carbocycles. The van der Waals surface area contributed by atoms with Crippen molar-refractivity contribution in [1.82, 2.24) is 14.7 Å². The lowest BCUT2D eigenvalue weighted by Gasteiger charge is -2.04. The first-order valence-electron chi connectivity index (χ1n) is 6.10. The Morgan fingerprint density at radius 1 is 1.38 bits per heavy atom. The molecule has 1 aromatic carbocycles. The molecule has 8 nitrogen and oxygen atoms in total. The zero-order chi connectivity index (χ0) is 15.0. The topological polar surface area (TPSA) is 104 Å². The number of nitro groups is 1. The van der Waals surface area contributed by atoms with Gasteiger partial charge in [-0.1, -0.05) is 5.16 Å². The molecule has 0 saturated heterocycles. The largest absolute Gasteiger partial charge is 0.361 e. The summed E-state index contributed by atoms with van der Waals surface area (Å²) in [4.78, 5) is 26.7. The summed E-state index contributed by atoms with van der Waals surface area (Å²) in [5, 5.41) is 14.8. The monoisotopic (exact) mass is 286 g/mol. The minimum Gasteiger partial charge on any atom is -0.361 e. The van der Waals surface area contributed by atoms with Gasteiger partial charge in [-0.3, -0.25) is 19.5 Å². The molecule has 0 aliphatic heterocycles. The van der Waals surface area contributed by atoms with Crippen molar-refractivity contribution in [3.63, 3.8) is 0 Å². The van der Waals surface area contributed by atoms with Crippen LogP contribution in [0.1, 0.15) is 11.5 Å². The van der Waals surface area contributed by atoms with Crippen LogP contribution in [-0.2, 0) is 6.54 Å². The highest BCUT2D eigenvalue weighted by atomic mass is 16.6. The lowest BCUT2D eigenvalue weighted by Crippen LogP contribution is -2.21. The third kappa shape index (κ3) is 2.38. The molecule has 0 bridgehead atoms. The van der Waals surface area contributed by atoms with Gasteiger partial charge in [-0.15, -0.1) is 0 Å². The lowest BCUT2D eigenvalue weighted by molar-refractivity contribution is -0.384. The number of aryl methyl sites for hydroxylation is 1. The third-order valence-electron chi connectivity index (χ3n) is 3.03. The molecule has 0 N–H and O–H groups in total. The van der Waals surface area contributed by atoms with E-state index in [1.165, 1.54) is 29.1 Å². The fourth-order valence-corrected chi connectivity index (χ4v) is 2.04. The highest BCUT2D eigenvalue weighted by Gasteiger charge is 2.11. The van der Waals surface area contributed by atoms with E-state index < -0.39 is 4.92 Å². The van der Waals surface area contributed by atoms with E-state index in [2.05, 4.69) is 10.1 Å². The Labute approximate surface area is 117 Å². The van der Waals surface area contributed by atoms with Gasteiger partial charge in [0, 0.05) is 18.2 Å². The van der Waals surface area contributed by atoms with Crippen molar-refractivity contribution >= 4 is 16.6 Å². The first-order valence-corrected chi connectivity index (χ1v) is 6.10. The summed E-state index contributed by atoms with van der Waals surface area (Å²) in [6.07, 6.45) is 1.39. The normalized spacial score (nSPS) is 10.9. The van der Waals surface area contributed by atoms with E-state index in [1.807, 2.05) is 0 Å². The van der Waals surface area contributed by atoms with Gasteiger partial charge in [0.25, 0.3) is 11.2 Å². The Morgan fingerprint density at radius 3 is 2.86 bits per heavy atom. The quantitative estimate of drug-likeness (QED) is 0.535. The predicted molar refractivity (Wildman–Crippen MR) is 73.0 cm³/mol. The standard InChI is InChI=1S/C13H10N4O4/c1-8-4-9(15-21-8)6-16-7-14-12-3-2-10(17(19)20)5-11(12)13(16)18/h2-5,7H,6H2,1H3. The summed E-state index contributed by atoms with van der Waals surface area (Å²) in [7, 11) is 0. The molecular formula is C13H10N4O4. The van der Waals surface area contributed by atoms with Crippen LogP contribution in [0, 0.1) is 17.0 Å². The first-order chi connectivity index (χ1) is 10.0. The SMILES string of the molecule is Cc1cc(Cn2cnc3ccc([N+](=O)[O-])cc3c2=O)no1. The van der Waals surface area contributed by atoms with Crippen LogP contribution in [0.3, 0.4) is 0 Å². The smallest absolute Gasteiger partial charge is 0.270 e. The van der Waals surface area contributed by atoms with Crippen LogP contribution in [0.25, 0.3) is 10.9 Å². The molecule has 2 aromatic heterocycles. The Hall–Kier alpha value is -3.03. The molecule has 0 atom stereocenters. The summed E-state index contributed by atoms with van der Waals surface area (Å²) in [5.74, 6) is 0.641. The van der Waals surface area contributed by atoms with E-state index in [4.69, 9.17) is 4.52 Å². The maximum atomic E-state index is 12.4. The van der Waals surface area contributed by atoms with Crippen molar-refractivity contribution in [2.45, 2.75) is 13.5 Å². The molecular weight excluding hydrogens is 276 g/mol. The maximum Gasteiger partial charge on any atom is 0.270 e. The Balaban J connectivity index is 2.10. The second-order valence-electron chi connectivity index (χ2n) is 4.57. The number of benzene rings is 1. The summed E-state index contributed by atoms with van der Waals surface area (Å²) >= 11 is 0. The van der Waals surface area contributed by atoms with Crippen molar-refractivity contribution in [2.75, 3.05) is 0 Å². The van der Waals surface area contributed by atoms with Gasteiger partial charge < -0.3 is 4.52 Å². The van der Waals surface area contributed by atoms with E-state index in [0.29, 0.717) is 17.0 Å². The van der Waals surface area contributed by atoms with E-state index in [0.717, 1.165) is 0 Å². The van der Waals surface area contributed by atoms with Crippen LogP contribution in [0.2, 0.25) is 0 Å². The molecule has 0 aliphatic rings. The molecule has 0 unspecified atom stereocenters. The van der Waals surface area contributed by atoms with E-state index in [1.54, 1.807) is 13.0 Å². The van der Waals surface area contributed by atoms with Crippen LogP contribution >= 0.6 is 0 Å². The second-order valence-corrected chi connectivity index (χ2v) is 4.57. The van der Waals surface area contributed by atoms with Gasteiger partial charge in [0.05, 0.1) is 28.7 Å². The van der Waals surface area contributed by atoms with Gasteiger partial charge in [-0.25, -0.2) is 4.98 Å². The average molecular weight is 286 g/mol. The molecule has 0 radical (unpaired) electrons. The third-order valence-corrected chi connectivity index (χ3v) is 3.03. The number of non-ortho nitro benzene ring substituents is 1. The van der Waals surface area contributed by atoms with Crippen LogP contribution in [0.5, 0.6) is 0 Å². The zero-order valence-electron chi connectivity index (χ0n) is 11.0. The minimum atomic E-state index is -0.544. The Morgan fingerprint density at radius 2 is 2.19 bits per heavy atom. The van der Waals surface area contributed by atoms with Gasteiger partial charge in [0.15, 0.2) is 0 Å². The van der Waals surface area contributed by atoms with E-state index >= 15 is 0 Å². The van der Waals surface area contributed by atoms with Crippen LogP contribution < -0.4 is 5.56 Å². The van der Waals surface area contributed by atoms with E-state index in [9.17, 15) is 14.9 Å². The van der Waals surface area contributed by atoms with Crippen molar-refractivity contribution in [1.29, 1.82) is 0 Å². The maximum absolute atomic E-state index is 12.4. The average Bonchev–Trinajstić information content (AvgIpc) is 2.87. The van der Waals surface area contributed by atoms with Crippen LogP contribution in [-0.4, -0.2) is 19.6 Å². The highest BCUT2D eigenvalue weighted by Crippen LogP contribution is 2.16. The number of hydrogen-bond donors (Lipinski definition) is 0. The molecule has 106 valence electrons. The first kappa shape index (κ1) is 13.0. The van der Waals surface area contributed by atoms with Crippen molar-refractivity contribution in [3.05, 3.63) is 62.5 Å². The molecule has 3 aromatic rings. The van der Waals surface area contributed by atoms with Crippen molar-refractivity contribution in [3.8, 4) is 0 Å². The Kier molecular flexibility index (Phi) is 2.98. The molecule has 8 heteroatoms. The van der Waals surface area contributed by atoms with Crippen LogP contribution in [0.15, 0.2) is 39.9 Å². The van der Waals surface area contributed by atoms with Gasteiger partial charge >= 0.3 is 0 Å².